The van der Waals surface area contributed by atoms with Crippen LogP contribution in [-0.2, 0) is 0 Å². The number of anilines is 2. The second kappa shape index (κ2) is 5.57. The largest absolute Gasteiger partial charge is 0.372 e. The van der Waals surface area contributed by atoms with Crippen LogP contribution < -0.4 is 16.0 Å². The first kappa shape index (κ1) is 11.8. The molecule has 2 rings (SSSR count). The molecular formula is C13H20N4. The zero-order chi connectivity index (χ0) is 12.1. The number of nitrogens with two attached hydrogens (primary N) is 1. The molecule has 0 bridgehead atoms. The van der Waals surface area contributed by atoms with Gasteiger partial charge in [-0.25, -0.2) is 0 Å². The van der Waals surface area contributed by atoms with Crippen LogP contribution in [0, 0.1) is 0 Å². The summed E-state index contributed by atoms with van der Waals surface area (Å²) in [5.41, 5.74) is 7.89. The van der Waals surface area contributed by atoms with E-state index in [2.05, 4.69) is 27.3 Å². The topological polar surface area (TPSA) is 53.6 Å². The molecule has 1 heterocycles. The molecular weight excluding hydrogens is 212 g/mol. The molecule has 0 unspecified atom stereocenters. The Kier molecular flexibility index (Phi) is 3.85. The standard InChI is InChI=1S/C13H20N4/c1-15-13(14)16-11-5-7-12(8-6-11)17-9-3-2-4-10-17/h5-8H,2-4,9-10H2,1H3,(H3,14,15,16). The van der Waals surface area contributed by atoms with Gasteiger partial charge in [0.2, 0.25) is 0 Å². The summed E-state index contributed by atoms with van der Waals surface area (Å²) in [7, 11) is 1.67. The number of hydrogen-bond acceptors (Lipinski definition) is 2. The van der Waals surface area contributed by atoms with Crippen LogP contribution in [0.4, 0.5) is 11.4 Å². The van der Waals surface area contributed by atoms with Crippen LogP contribution in [0.15, 0.2) is 29.3 Å². The van der Waals surface area contributed by atoms with Crippen LogP contribution >= 0.6 is 0 Å². The maximum Gasteiger partial charge on any atom is 0.192 e. The van der Waals surface area contributed by atoms with Crippen molar-refractivity contribution in [2.45, 2.75) is 19.3 Å². The van der Waals surface area contributed by atoms with Crippen molar-refractivity contribution in [1.29, 1.82) is 0 Å². The molecule has 0 amide bonds. The number of hydrogen-bond donors (Lipinski definition) is 2. The summed E-state index contributed by atoms with van der Waals surface area (Å²) in [6.07, 6.45) is 3.96. The Labute approximate surface area is 103 Å². The Bertz CT molecular complexity index is 377. The number of benzene rings is 1. The van der Waals surface area contributed by atoms with E-state index in [1.165, 1.54) is 38.0 Å². The predicted octanol–water partition coefficient (Wildman–Crippen LogP) is 2.03. The summed E-state index contributed by atoms with van der Waals surface area (Å²) < 4.78 is 0. The Morgan fingerprint density at radius 3 is 2.41 bits per heavy atom. The fourth-order valence-corrected chi connectivity index (χ4v) is 2.11. The van der Waals surface area contributed by atoms with E-state index < -0.39 is 0 Å². The van der Waals surface area contributed by atoms with E-state index in [0.29, 0.717) is 5.96 Å². The Morgan fingerprint density at radius 2 is 1.82 bits per heavy atom. The van der Waals surface area contributed by atoms with Gasteiger partial charge in [0, 0.05) is 31.5 Å². The van der Waals surface area contributed by atoms with Gasteiger partial charge in [-0.2, -0.15) is 0 Å². The molecule has 92 valence electrons. The first-order valence-corrected chi connectivity index (χ1v) is 6.14. The van der Waals surface area contributed by atoms with Gasteiger partial charge in [-0.15, -0.1) is 0 Å². The molecule has 0 radical (unpaired) electrons. The summed E-state index contributed by atoms with van der Waals surface area (Å²) in [6, 6.07) is 8.36. The lowest BCUT2D eigenvalue weighted by atomic mass is 10.1. The third kappa shape index (κ3) is 3.12. The minimum absolute atomic E-state index is 0.440. The molecule has 1 fully saturated rings. The molecule has 0 spiro atoms. The van der Waals surface area contributed by atoms with Crippen LogP contribution in [-0.4, -0.2) is 26.1 Å². The van der Waals surface area contributed by atoms with E-state index in [4.69, 9.17) is 5.73 Å². The predicted molar refractivity (Wildman–Crippen MR) is 73.7 cm³/mol. The van der Waals surface area contributed by atoms with Gasteiger partial charge in [0.25, 0.3) is 0 Å². The average Bonchev–Trinajstić information content (AvgIpc) is 2.40. The van der Waals surface area contributed by atoms with Gasteiger partial charge >= 0.3 is 0 Å². The summed E-state index contributed by atoms with van der Waals surface area (Å²) in [5.74, 6) is 0.440. The fraction of sp³-hybridized carbons (Fsp3) is 0.462. The molecule has 3 N–H and O–H groups in total. The van der Waals surface area contributed by atoms with Crippen molar-refractivity contribution < 1.29 is 0 Å². The number of aliphatic imine (C=N–C) groups is 1. The molecule has 0 aromatic heterocycles. The van der Waals surface area contributed by atoms with E-state index in [0.717, 1.165) is 5.69 Å². The highest BCUT2D eigenvalue weighted by Crippen LogP contribution is 2.21. The van der Waals surface area contributed by atoms with Crippen molar-refractivity contribution in [3.8, 4) is 0 Å². The monoisotopic (exact) mass is 232 g/mol. The Hall–Kier alpha value is -1.71. The third-order valence-corrected chi connectivity index (χ3v) is 3.10. The highest BCUT2D eigenvalue weighted by Gasteiger charge is 2.10. The molecule has 0 aliphatic carbocycles. The van der Waals surface area contributed by atoms with Gasteiger partial charge in [0.05, 0.1) is 0 Å². The molecule has 0 atom stereocenters. The summed E-state index contributed by atoms with van der Waals surface area (Å²) in [6.45, 7) is 2.34. The molecule has 4 heteroatoms. The van der Waals surface area contributed by atoms with Crippen molar-refractivity contribution in [3.63, 3.8) is 0 Å². The lowest BCUT2D eigenvalue weighted by Crippen LogP contribution is -2.29. The van der Waals surface area contributed by atoms with E-state index in [1.807, 2.05) is 12.1 Å². The first-order chi connectivity index (χ1) is 8.29. The van der Waals surface area contributed by atoms with Gasteiger partial charge < -0.3 is 16.0 Å². The highest BCUT2D eigenvalue weighted by molar-refractivity contribution is 5.92. The van der Waals surface area contributed by atoms with Crippen LogP contribution in [0.25, 0.3) is 0 Å². The summed E-state index contributed by atoms with van der Waals surface area (Å²) in [4.78, 5) is 6.30. The van der Waals surface area contributed by atoms with Crippen molar-refractivity contribution in [2.24, 2.45) is 10.7 Å². The third-order valence-electron chi connectivity index (χ3n) is 3.10. The molecule has 17 heavy (non-hydrogen) atoms. The zero-order valence-electron chi connectivity index (χ0n) is 10.3. The van der Waals surface area contributed by atoms with Gasteiger partial charge in [0.1, 0.15) is 0 Å². The second-order valence-electron chi connectivity index (χ2n) is 4.33. The van der Waals surface area contributed by atoms with Crippen molar-refractivity contribution in [3.05, 3.63) is 24.3 Å². The molecule has 1 aliphatic rings. The Balaban J connectivity index is 2.01. The Morgan fingerprint density at radius 1 is 1.18 bits per heavy atom. The van der Waals surface area contributed by atoms with Crippen molar-refractivity contribution >= 4 is 17.3 Å². The van der Waals surface area contributed by atoms with Gasteiger partial charge in [0.15, 0.2) is 5.96 Å². The molecule has 4 nitrogen and oxygen atoms in total. The van der Waals surface area contributed by atoms with Crippen molar-refractivity contribution in [1.82, 2.24) is 0 Å². The van der Waals surface area contributed by atoms with E-state index in [1.54, 1.807) is 7.05 Å². The summed E-state index contributed by atoms with van der Waals surface area (Å²) in [5, 5.41) is 3.03. The van der Waals surface area contributed by atoms with Crippen molar-refractivity contribution in [2.75, 3.05) is 30.4 Å². The lowest BCUT2D eigenvalue weighted by Gasteiger charge is -2.28. The molecule has 0 saturated carbocycles. The normalized spacial score (nSPS) is 17.0. The number of rotatable bonds is 2. The zero-order valence-corrected chi connectivity index (χ0v) is 10.3. The van der Waals surface area contributed by atoms with Crippen LogP contribution in [0.5, 0.6) is 0 Å². The van der Waals surface area contributed by atoms with Gasteiger partial charge in [-0.05, 0) is 43.5 Å². The number of nitrogens with zero attached hydrogens (tertiary/aromatic N) is 2. The number of guanidine groups is 1. The highest BCUT2D eigenvalue weighted by atomic mass is 15.1. The van der Waals surface area contributed by atoms with E-state index in [-0.39, 0.29) is 0 Å². The number of nitrogens with one attached hydrogen (secondary N) is 1. The maximum absolute atomic E-state index is 5.61. The molecule has 1 aromatic rings. The minimum Gasteiger partial charge on any atom is -0.372 e. The van der Waals surface area contributed by atoms with E-state index in [9.17, 15) is 0 Å². The fourth-order valence-electron chi connectivity index (χ4n) is 2.11. The quantitative estimate of drug-likeness (QED) is 0.606. The lowest BCUT2D eigenvalue weighted by molar-refractivity contribution is 0.578. The SMILES string of the molecule is CN=C(N)Nc1ccc(N2CCCCC2)cc1. The molecule has 1 saturated heterocycles. The van der Waals surface area contributed by atoms with E-state index >= 15 is 0 Å². The first-order valence-electron chi connectivity index (χ1n) is 6.14. The van der Waals surface area contributed by atoms with Crippen LogP contribution in [0.3, 0.4) is 0 Å². The smallest absolute Gasteiger partial charge is 0.192 e. The van der Waals surface area contributed by atoms with Gasteiger partial charge in [-0.1, -0.05) is 0 Å². The molecule has 1 aliphatic heterocycles. The average molecular weight is 232 g/mol. The van der Waals surface area contributed by atoms with Crippen LogP contribution in [0.1, 0.15) is 19.3 Å². The van der Waals surface area contributed by atoms with Gasteiger partial charge in [-0.3, -0.25) is 4.99 Å². The number of piperidine rings is 1. The van der Waals surface area contributed by atoms with Crippen LogP contribution in [0.2, 0.25) is 0 Å². The second-order valence-corrected chi connectivity index (χ2v) is 4.33. The maximum atomic E-state index is 5.61. The minimum atomic E-state index is 0.440. The molecule has 1 aromatic carbocycles. The summed E-state index contributed by atoms with van der Waals surface area (Å²) >= 11 is 0.